The molecule has 0 saturated carbocycles. The van der Waals surface area contributed by atoms with Crippen LogP contribution in [0.1, 0.15) is 18.9 Å². The van der Waals surface area contributed by atoms with Gasteiger partial charge in [0.1, 0.15) is 0 Å². The maximum atomic E-state index is 10.9. The maximum absolute atomic E-state index is 10.9. The Labute approximate surface area is 109 Å². The fourth-order valence-electron chi connectivity index (χ4n) is 1.59. The predicted octanol–water partition coefficient (Wildman–Crippen LogP) is 1.52. The molecule has 106 valence electrons. The van der Waals surface area contributed by atoms with Crippen LogP contribution in [0.2, 0.25) is 0 Å². The molecule has 0 aliphatic rings. The Balaban J connectivity index is 2.88. The summed E-state index contributed by atoms with van der Waals surface area (Å²) < 4.78 is 14.9. The molecular formula is C11H15O7P. The van der Waals surface area contributed by atoms with Gasteiger partial charge in [-0.1, -0.05) is 13.0 Å². The van der Waals surface area contributed by atoms with Crippen LogP contribution in [0, 0.1) is 5.92 Å². The lowest BCUT2D eigenvalue weighted by Crippen LogP contribution is -2.15. The molecule has 19 heavy (non-hydrogen) atoms. The molecule has 1 rings (SSSR count). The molecule has 0 aromatic heterocycles. The molecule has 1 aromatic rings. The molecule has 4 N–H and O–H groups in total. The molecule has 0 spiro atoms. The molecule has 8 heteroatoms. The summed E-state index contributed by atoms with van der Waals surface area (Å²) in [6.07, 6.45) is 0.659. The highest BCUT2D eigenvalue weighted by molar-refractivity contribution is 7.46. The molecular weight excluding hydrogens is 275 g/mol. The first-order valence-electron chi connectivity index (χ1n) is 5.52. The van der Waals surface area contributed by atoms with Gasteiger partial charge in [-0.25, -0.2) is 4.57 Å². The van der Waals surface area contributed by atoms with E-state index in [1.165, 1.54) is 18.2 Å². The van der Waals surface area contributed by atoms with Crippen LogP contribution in [0.15, 0.2) is 18.2 Å². The van der Waals surface area contributed by atoms with Crippen LogP contribution in [-0.2, 0) is 15.8 Å². The Kier molecular flexibility index (Phi) is 4.94. The molecule has 0 aliphatic carbocycles. The van der Waals surface area contributed by atoms with E-state index in [9.17, 15) is 14.5 Å². The summed E-state index contributed by atoms with van der Waals surface area (Å²) in [5.41, 5.74) is 0.546. The van der Waals surface area contributed by atoms with E-state index < -0.39 is 25.5 Å². The minimum atomic E-state index is -4.73. The number of phenolic OH excluding ortho intramolecular Hbond substituents is 1. The first kappa shape index (κ1) is 15.5. The number of hydrogen-bond donors (Lipinski definition) is 4. The Morgan fingerprint density at radius 1 is 1.42 bits per heavy atom. The van der Waals surface area contributed by atoms with Crippen molar-refractivity contribution in [2.75, 3.05) is 0 Å². The number of carboxylic acids is 1. The van der Waals surface area contributed by atoms with E-state index >= 15 is 0 Å². The first-order valence-corrected chi connectivity index (χ1v) is 7.05. The van der Waals surface area contributed by atoms with Crippen molar-refractivity contribution in [1.29, 1.82) is 0 Å². The van der Waals surface area contributed by atoms with Crippen molar-refractivity contribution in [2.45, 2.75) is 19.8 Å². The zero-order chi connectivity index (χ0) is 14.6. The summed E-state index contributed by atoms with van der Waals surface area (Å²) in [5, 5.41) is 18.5. The van der Waals surface area contributed by atoms with E-state index in [0.29, 0.717) is 12.0 Å². The number of aliphatic carboxylic acids is 1. The van der Waals surface area contributed by atoms with Gasteiger partial charge in [0.15, 0.2) is 11.5 Å². The summed E-state index contributed by atoms with van der Waals surface area (Å²) in [5.74, 6) is -2.30. The zero-order valence-corrected chi connectivity index (χ0v) is 11.1. The summed E-state index contributed by atoms with van der Waals surface area (Å²) >= 11 is 0. The van der Waals surface area contributed by atoms with Gasteiger partial charge in [-0.15, -0.1) is 0 Å². The number of benzene rings is 1. The second kappa shape index (κ2) is 6.06. The predicted molar refractivity (Wildman–Crippen MR) is 65.9 cm³/mol. The number of rotatable bonds is 6. The summed E-state index contributed by atoms with van der Waals surface area (Å²) in [6, 6.07) is 3.88. The van der Waals surface area contributed by atoms with Crippen molar-refractivity contribution < 1.29 is 33.9 Å². The van der Waals surface area contributed by atoms with Crippen LogP contribution in [0.3, 0.4) is 0 Å². The molecule has 0 fully saturated rings. The molecule has 1 aromatic carbocycles. The van der Waals surface area contributed by atoms with E-state index in [-0.39, 0.29) is 12.2 Å². The van der Waals surface area contributed by atoms with Gasteiger partial charge in [0.05, 0.1) is 5.92 Å². The third kappa shape index (κ3) is 4.90. The van der Waals surface area contributed by atoms with Gasteiger partial charge >= 0.3 is 13.8 Å². The zero-order valence-electron chi connectivity index (χ0n) is 10.2. The number of phosphoric acid groups is 1. The van der Waals surface area contributed by atoms with Gasteiger partial charge in [-0.05, 0) is 30.5 Å². The Hall–Kier alpha value is -1.56. The normalized spacial score (nSPS) is 13.0. The van der Waals surface area contributed by atoms with Crippen molar-refractivity contribution in [1.82, 2.24) is 0 Å². The highest BCUT2D eigenvalue weighted by Gasteiger charge is 2.20. The highest BCUT2D eigenvalue weighted by atomic mass is 31.2. The molecule has 0 aliphatic heterocycles. The van der Waals surface area contributed by atoms with Crippen molar-refractivity contribution in [3.8, 4) is 11.5 Å². The standard InChI is InChI=1S/C11H15O7P/c1-2-8(11(13)14)5-7-3-4-10(9(12)6-7)18-19(15,16)17/h3-4,6,8,12H,2,5H2,1H3,(H,13,14)(H2,15,16,17)/t8-/m0/s1. The molecule has 0 bridgehead atoms. The molecule has 0 radical (unpaired) electrons. The lowest BCUT2D eigenvalue weighted by molar-refractivity contribution is -0.141. The van der Waals surface area contributed by atoms with Crippen molar-refractivity contribution in [3.63, 3.8) is 0 Å². The minimum Gasteiger partial charge on any atom is -0.504 e. The molecule has 7 nitrogen and oxygen atoms in total. The third-order valence-corrected chi connectivity index (χ3v) is 3.00. The van der Waals surface area contributed by atoms with E-state index in [1.807, 2.05) is 0 Å². The summed E-state index contributed by atoms with van der Waals surface area (Å²) in [4.78, 5) is 28.1. The lowest BCUT2D eigenvalue weighted by atomic mass is 9.97. The fraction of sp³-hybridized carbons (Fsp3) is 0.364. The van der Waals surface area contributed by atoms with E-state index in [1.54, 1.807) is 6.92 Å². The van der Waals surface area contributed by atoms with Crippen LogP contribution in [0.25, 0.3) is 0 Å². The first-order chi connectivity index (χ1) is 8.73. The topological polar surface area (TPSA) is 124 Å². The average molecular weight is 290 g/mol. The van der Waals surface area contributed by atoms with Gasteiger partial charge in [0.2, 0.25) is 0 Å². The smallest absolute Gasteiger partial charge is 0.504 e. The SMILES string of the molecule is CC[C@@H](Cc1ccc(OP(=O)(O)O)c(O)c1)C(=O)O. The van der Waals surface area contributed by atoms with Crippen LogP contribution in [0.4, 0.5) is 0 Å². The average Bonchev–Trinajstić information content (AvgIpc) is 2.27. The van der Waals surface area contributed by atoms with E-state index in [0.717, 1.165) is 0 Å². The summed E-state index contributed by atoms with van der Waals surface area (Å²) in [6.45, 7) is 1.74. The van der Waals surface area contributed by atoms with Gasteiger partial charge in [-0.2, -0.15) is 0 Å². The molecule has 0 saturated heterocycles. The Bertz CT molecular complexity index is 508. The van der Waals surface area contributed by atoms with E-state index in [2.05, 4.69) is 4.52 Å². The number of carbonyl (C=O) groups is 1. The van der Waals surface area contributed by atoms with Gasteiger partial charge in [0, 0.05) is 0 Å². The van der Waals surface area contributed by atoms with Crippen molar-refractivity contribution >= 4 is 13.8 Å². The highest BCUT2D eigenvalue weighted by Crippen LogP contribution is 2.41. The van der Waals surface area contributed by atoms with Crippen LogP contribution in [0.5, 0.6) is 11.5 Å². The molecule has 1 atom stereocenters. The van der Waals surface area contributed by atoms with Crippen LogP contribution in [-0.4, -0.2) is 26.0 Å². The molecule has 0 heterocycles. The second-order valence-corrected chi connectivity index (χ2v) is 5.20. The van der Waals surface area contributed by atoms with Gasteiger partial charge in [0.25, 0.3) is 0 Å². The summed E-state index contributed by atoms with van der Waals surface area (Å²) in [7, 11) is -4.73. The van der Waals surface area contributed by atoms with E-state index in [4.69, 9.17) is 14.9 Å². The number of hydrogen-bond acceptors (Lipinski definition) is 4. The van der Waals surface area contributed by atoms with Gasteiger partial charge in [-0.3, -0.25) is 14.6 Å². The number of aromatic hydroxyl groups is 1. The quantitative estimate of drug-likeness (QED) is 0.585. The number of carboxylic acid groups (broad SMARTS) is 1. The van der Waals surface area contributed by atoms with Crippen LogP contribution >= 0.6 is 7.82 Å². The third-order valence-electron chi connectivity index (χ3n) is 2.56. The Morgan fingerprint density at radius 3 is 2.47 bits per heavy atom. The second-order valence-electron chi connectivity index (χ2n) is 4.03. The lowest BCUT2D eigenvalue weighted by Gasteiger charge is -2.12. The Morgan fingerprint density at radius 2 is 2.05 bits per heavy atom. The number of phenols is 1. The monoisotopic (exact) mass is 290 g/mol. The molecule has 0 amide bonds. The number of phosphoric ester groups is 1. The minimum absolute atomic E-state index is 0.218. The van der Waals surface area contributed by atoms with Crippen molar-refractivity contribution in [2.24, 2.45) is 5.92 Å². The maximum Gasteiger partial charge on any atom is 0.524 e. The largest absolute Gasteiger partial charge is 0.524 e. The van der Waals surface area contributed by atoms with Crippen LogP contribution < -0.4 is 4.52 Å². The fourth-order valence-corrected chi connectivity index (χ4v) is 2.00. The molecule has 0 unspecified atom stereocenters. The van der Waals surface area contributed by atoms with Gasteiger partial charge < -0.3 is 14.7 Å². The van der Waals surface area contributed by atoms with Crippen molar-refractivity contribution in [3.05, 3.63) is 23.8 Å².